The van der Waals surface area contributed by atoms with E-state index >= 15 is 0 Å². The Morgan fingerprint density at radius 2 is 1.82 bits per heavy atom. The Hall–Kier alpha value is -3.45. The zero-order chi connectivity index (χ0) is 23.0. The van der Waals surface area contributed by atoms with Crippen molar-refractivity contribution < 1.29 is 19.1 Å². The van der Waals surface area contributed by atoms with E-state index in [1.54, 1.807) is 36.6 Å². The van der Waals surface area contributed by atoms with Crippen LogP contribution in [-0.4, -0.2) is 31.3 Å². The number of hydrogen-bond acceptors (Lipinski definition) is 6. The topological polar surface area (TPSA) is 77.0 Å². The lowest BCUT2D eigenvalue weighted by molar-refractivity contribution is -0.145. The van der Waals surface area contributed by atoms with Gasteiger partial charge in [-0.05, 0) is 80.1 Å². The molecule has 2 aromatic carbocycles. The molecule has 33 heavy (non-hydrogen) atoms. The van der Waals surface area contributed by atoms with Gasteiger partial charge in [0.2, 0.25) is 0 Å². The molecule has 4 rings (SSSR count). The molecule has 0 atom stereocenters. The molecule has 170 valence electrons. The van der Waals surface area contributed by atoms with Crippen molar-refractivity contribution in [3.63, 3.8) is 0 Å². The fourth-order valence-electron chi connectivity index (χ4n) is 3.72. The van der Waals surface area contributed by atoms with Gasteiger partial charge >= 0.3 is 5.97 Å². The van der Waals surface area contributed by atoms with Crippen LogP contribution in [0.5, 0.6) is 5.75 Å². The molecule has 0 aliphatic heterocycles. The fourth-order valence-corrected chi connectivity index (χ4v) is 4.95. The third-order valence-electron chi connectivity index (χ3n) is 5.28. The molecule has 0 bridgehead atoms. The molecule has 7 heteroatoms. The number of thiophene rings is 1. The first kappa shape index (κ1) is 22.7. The van der Waals surface area contributed by atoms with Gasteiger partial charge in [0.05, 0.1) is 12.2 Å². The van der Waals surface area contributed by atoms with Crippen LogP contribution in [0.4, 0.5) is 10.7 Å². The standard InChI is InChI=1S/C26H26N2O4S/c1-2-31-23(29)17-32-20-14-12-18(13-15-20)16-27-26-24(21-10-6-7-11-22(21)33-26)25(30)28-19-8-4-3-5-9-19/h3-5,8-9,12-16H,2,6-7,10-11,17H2,1H3,(H,28,30). The Labute approximate surface area is 197 Å². The van der Waals surface area contributed by atoms with Gasteiger partial charge in [0.25, 0.3) is 5.91 Å². The summed E-state index contributed by atoms with van der Waals surface area (Å²) in [5.74, 6) is 0.0660. The highest BCUT2D eigenvalue weighted by Gasteiger charge is 2.25. The van der Waals surface area contributed by atoms with Gasteiger partial charge < -0.3 is 14.8 Å². The Kier molecular flexibility index (Phi) is 7.52. The Bertz CT molecular complexity index is 1140. The molecule has 1 aliphatic carbocycles. The highest BCUT2D eigenvalue weighted by atomic mass is 32.1. The summed E-state index contributed by atoms with van der Waals surface area (Å²) >= 11 is 1.60. The molecular weight excluding hydrogens is 436 g/mol. The first-order chi connectivity index (χ1) is 16.1. The SMILES string of the molecule is CCOC(=O)COc1ccc(C=Nc2sc3c(c2C(=O)Nc2ccccc2)CCCC3)cc1. The van der Waals surface area contributed by atoms with Gasteiger partial charge in [-0.1, -0.05) is 18.2 Å². The number of carbonyl (C=O) groups is 2. The predicted octanol–water partition coefficient (Wildman–Crippen LogP) is 5.57. The summed E-state index contributed by atoms with van der Waals surface area (Å²) in [6.07, 6.45) is 5.89. The molecule has 1 aliphatic rings. The number of benzene rings is 2. The molecule has 6 nitrogen and oxygen atoms in total. The van der Waals surface area contributed by atoms with Crippen LogP contribution in [0.3, 0.4) is 0 Å². The van der Waals surface area contributed by atoms with Gasteiger partial charge in [-0.2, -0.15) is 0 Å². The van der Waals surface area contributed by atoms with E-state index in [2.05, 4.69) is 5.32 Å². The minimum absolute atomic E-state index is 0.115. The molecule has 1 aromatic heterocycles. The van der Waals surface area contributed by atoms with E-state index in [0.29, 0.717) is 17.9 Å². The van der Waals surface area contributed by atoms with Crippen molar-refractivity contribution in [2.24, 2.45) is 4.99 Å². The lowest BCUT2D eigenvalue weighted by Crippen LogP contribution is -2.14. The number of ether oxygens (including phenoxy) is 2. The molecule has 0 saturated heterocycles. The van der Waals surface area contributed by atoms with Gasteiger partial charge in [-0.25, -0.2) is 9.79 Å². The number of aliphatic imine (C=N–C) groups is 1. The number of hydrogen-bond donors (Lipinski definition) is 1. The van der Waals surface area contributed by atoms with Crippen molar-refractivity contribution in [2.75, 3.05) is 18.5 Å². The van der Waals surface area contributed by atoms with Crippen molar-refractivity contribution in [1.82, 2.24) is 0 Å². The summed E-state index contributed by atoms with van der Waals surface area (Å²) in [4.78, 5) is 30.5. The van der Waals surface area contributed by atoms with Crippen LogP contribution < -0.4 is 10.1 Å². The van der Waals surface area contributed by atoms with Gasteiger partial charge in [-0.15, -0.1) is 11.3 Å². The summed E-state index contributed by atoms with van der Waals surface area (Å²) in [6.45, 7) is 1.96. The van der Waals surface area contributed by atoms with E-state index in [9.17, 15) is 9.59 Å². The number of nitrogens with zero attached hydrogens (tertiary/aromatic N) is 1. The summed E-state index contributed by atoms with van der Waals surface area (Å²) in [7, 11) is 0. The summed E-state index contributed by atoms with van der Waals surface area (Å²) in [5, 5.41) is 3.75. The van der Waals surface area contributed by atoms with E-state index < -0.39 is 5.97 Å². The van der Waals surface area contributed by atoms with Crippen LogP contribution in [0.25, 0.3) is 0 Å². The van der Waals surface area contributed by atoms with Crippen LogP contribution in [0.2, 0.25) is 0 Å². The second-order valence-corrected chi connectivity index (χ2v) is 8.72. The highest BCUT2D eigenvalue weighted by molar-refractivity contribution is 7.16. The van der Waals surface area contributed by atoms with Gasteiger partial charge in [0.1, 0.15) is 10.8 Å². The number of anilines is 1. The first-order valence-corrected chi connectivity index (χ1v) is 11.9. The molecular formula is C26H26N2O4S. The molecule has 0 saturated carbocycles. The van der Waals surface area contributed by atoms with Crippen LogP contribution in [0.15, 0.2) is 59.6 Å². The fraction of sp³-hybridized carbons (Fsp3) is 0.269. The van der Waals surface area contributed by atoms with E-state index in [1.165, 1.54) is 4.88 Å². The average Bonchev–Trinajstić information content (AvgIpc) is 3.21. The summed E-state index contributed by atoms with van der Waals surface area (Å²) in [6, 6.07) is 16.8. The largest absolute Gasteiger partial charge is 0.482 e. The third kappa shape index (κ3) is 5.87. The number of aryl methyl sites for hydroxylation is 1. The molecule has 0 unspecified atom stereocenters. The lowest BCUT2D eigenvalue weighted by atomic mass is 9.95. The number of fused-ring (bicyclic) bond motifs is 1. The van der Waals surface area contributed by atoms with Gasteiger partial charge in [0, 0.05) is 16.8 Å². The number of para-hydroxylation sites is 1. The van der Waals surface area contributed by atoms with Gasteiger partial charge in [-0.3, -0.25) is 4.79 Å². The van der Waals surface area contributed by atoms with Crippen molar-refractivity contribution in [1.29, 1.82) is 0 Å². The zero-order valence-corrected chi connectivity index (χ0v) is 19.3. The quantitative estimate of drug-likeness (QED) is 0.351. The average molecular weight is 463 g/mol. The maximum absolute atomic E-state index is 13.2. The number of carbonyl (C=O) groups excluding carboxylic acids is 2. The van der Waals surface area contributed by atoms with Crippen LogP contribution in [0.1, 0.15) is 46.1 Å². The molecule has 1 amide bonds. The second-order valence-electron chi connectivity index (χ2n) is 7.63. The summed E-state index contributed by atoms with van der Waals surface area (Å²) < 4.78 is 10.3. The molecule has 0 spiro atoms. The Balaban J connectivity index is 1.51. The Morgan fingerprint density at radius 1 is 1.06 bits per heavy atom. The minimum Gasteiger partial charge on any atom is -0.482 e. The predicted molar refractivity (Wildman–Crippen MR) is 131 cm³/mol. The number of esters is 1. The molecule has 0 radical (unpaired) electrons. The normalized spacial score (nSPS) is 12.9. The maximum atomic E-state index is 13.2. The van der Waals surface area contributed by atoms with E-state index in [-0.39, 0.29) is 12.5 Å². The molecule has 0 fully saturated rings. The zero-order valence-electron chi connectivity index (χ0n) is 18.5. The van der Waals surface area contributed by atoms with Crippen molar-refractivity contribution in [3.8, 4) is 5.75 Å². The highest BCUT2D eigenvalue weighted by Crippen LogP contribution is 2.40. The van der Waals surface area contributed by atoms with E-state index in [4.69, 9.17) is 14.5 Å². The smallest absolute Gasteiger partial charge is 0.344 e. The van der Waals surface area contributed by atoms with Crippen LogP contribution >= 0.6 is 11.3 Å². The van der Waals surface area contributed by atoms with Gasteiger partial charge in [0.15, 0.2) is 6.61 Å². The number of nitrogens with one attached hydrogen (secondary N) is 1. The first-order valence-electron chi connectivity index (χ1n) is 11.1. The number of amides is 1. The van der Waals surface area contributed by atoms with E-state index in [0.717, 1.165) is 47.5 Å². The molecule has 3 aromatic rings. The van der Waals surface area contributed by atoms with Crippen LogP contribution in [0, 0.1) is 0 Å². The van der Waals surface area contributed by atoms with Crippen molar-refractivity contribution in [3.05, 3.63) is 76.2 Å². The minimum atomic E-state index is -0.397. The van der Waals surface area contributed by atoms with Crippen molar-refractivity contribution in [2.45, 2.75) is 32.6 Å². The van der Waals surface area contributed by atoms with Crippen molar-refractivity contribution >= 4 is 40.1 Å². The molecule has 1 heterocycles. The third-order valence-corrected chi connectivity index (χ3v) is 6.48. The van der Waals surface area contributed by atoms with Crippen LogP contribution in [-0.2, 0) is 22.4 Å². The Morgan fingerprint density at radius 3 is 2.58 bits per heavy atom. The maximum Gasteiger partial charge on any atom is 0.344 e. The summed E-state index contributed by atoms with van der Waals surface area (Å²) in [5.41, 5.74) is 3.46. The lowest BCUT2D eigenvalue weighted by Gasteiger charge is -2.12. The monoisotopic (exact) mass is 462 g/mol. The molecule has 1 N–H and O–H groups in total. The number of rotatable bonds is 8. The van der Waals surface area contributed by atoms with E-state index in [1.807, 2.05) is 42.5 Å². The second kappa shape index (κ2) is 10.9.